The van der Waals surface area contributed by atoms with E-state index in [0.29, 0.717) is 29.7 Å². The van der Waals surface area contributed by atoms with Gasteiger partial charge in [0.15, 0.2) is 5.76 Å². The Bertz CT molecular complexity index is 891. The third-order valence-electron chi connectivity index (χ3n) is 4.78. The molecule has 1 fully saturated rings. The molecule has 3 aromatic rings. The van der Waals surface area contributed by atoms with Crippen molar-refractivity contribution in [1.29, 1.82) is 0 Å². The molecular weight excluding hydrogens is 367 g/mol. The quantitative estimate of drug-likeness (QED) is 0.631. The van der Waals surface area contributed by atoms with Crippen molar-refractivity contribution in [1.82, 2.24) is 10.1 Å². The molecule has 1 aromatic heterocycles. The molecule has 2 aromatic carbocycles. The van der Waals surface area contributed by atoms with E-state index in [4.69, 9.17) is 16.1 Å². The number of hydrogen-bond donors (Lipinski definition) is 1. The molecule has 0 saturated heterocycles. The van der Waals surface area contributed by atoms with Crippen molar-refractivity contribution >= 4 is 11.6 Å². The third kappa shape index (κ3) is 4.56. The summed E-state index contributed by atoms with van der Waals surface area (Å²) in [6, 6.07) is 15.8. The van der Waals surface area contributed by atoms with E-state index in [9.17, 15) is 9.50 Å². The predicted molar refractivity (Wildman–Crippen MR) is 102 cm³/mol. The molecule has 140 valence electrons. The molecule has 1 heterocycles. The largest absolute Gasteiger partial charge is 0.387 e. The Labute approximate surface area is 162 Å². The number of benzene rings is 2. The van der Waals surface area contributed by atoms with E-state index >= 15 is 0 Å². The molecule has 6 heteroatoms. The van der Waals surface area contributed by atoms with Crippen LogP contribution < -0.4 is 0 Å². The van der Waals surface area contributed by atoms with Crippen molar-refractivity contribution in [2.75, 3.05) is 6.54 Å². The average molecular weight is 387 g/mol. The Hall–Kier alpha value is -2.21. The summed E-state index contributed by atoms with van der Waals surface area (Å²) in [6.07, 6.45) is 1.53. The number of nitrogens with zero attached hydrogens (tertiary/aromatic N) is 2. The Morgan fingerprint density at radius 3 is 2.52 bits per heavy atom. The fourth-order valence-corrected chi connectivity index (χ4v) is 3.27. The summed E-state index contributed by atoms with van der Waals surface area (Å²) >= 11 is 5.93. The van der Waals surface area contributed by atoms with Crippen molar-refractivity contribution in [3.8, 4) is 11.3 Å². The predicted octanol–water partition coefficient (Wildman–Crippen LogP) is 4.83. The van der Waals surface area contributed by atoms with Gasteiger partial charge in [0, 0.05) is 29.2 Å². The summed E-state index contributed by atoms with van der Waals surface area (Å²) in [7, 11) is 0. The van der Waals surface area contributed by atoms with Crippen LogP contribution in [0.3, 0.4) is 0 Å². The van der Waals surface area contributed by atoms with Gasteiger partial charge in [-0.1, -0.05) is 41.0 Å². The first kappa shape index (κ1) is 18.2. The van der Waals surface area contributed by atoms with E-state index in [2.05, 4.69) is 10.1 Å². The van der Waals surface area contributed by atoms with E-state index in [1.807, 2.05) is 30.3 Å². The summed E-state index contributed by atoms with van der Waals surface area (Å²) in [5, 5.41) is 15.3. The zero-order chi connectivity index (χ0) is 18.8. The number of halogens is 2. The van der Waals surface area contributed by atoms with Crippen molar-refractivity contribution in [3.05, 3.63) is 76.8 Å². The molecule has 0 bridgehead atoms. The fraction of sp³-hybridized carbons (Fsp3) is 0.286. The van der Waals surface area contributed by atoms with Crippen LogP contribution in [0.5, 0.6) is 0 Å². The summed E-state index contributed by atoms with van der Waals surface area (Å²) in [5.41, 5.74) is 2.41. The second-order valence-electron chi connectivity index (χ2n) is 6.91. The van der Waals surface area contributed by atoms with Crippen molar-refractivity contribution in [3.63, 3.8) is 0 Å². The van der Waals surface area contributed by atoms with Gasteiger partial charge in [0.1, 0.15) is 11.5 Å². The second-order valence-corrected chi connectivity index (χ2v) is 7.35. The van der Waals surface area contributed by atoms with E-state index in [0.717, 1.165) is 29.9 Å². The molecule has 1 aliphatic carbocycles. The highest BCUT2D eigenvalue weighted by molar-refractivity contribution is 6.30. The van der Waals surface area contributed by atoms with Crippen LogP contribution in [0.2, 0.25) is 5.02 Å². The van der Waals surface area contributed by atoms with E-state index < -0.39 is 6.10 Å². The van der Waals surface area contributed by atoms with Crippen molar-refractivity contribution in [2.24, 2.45) is 0 Å². The van der Waals surface area contributed by atoms with E-state index in [1.54, 1.807) is 12.1 Å². The minimum atomic E-state index is -0.676. The van der Waals surface area contributed by atoms with E-state index in [-0.39, 0.29) is 5.82 Å². The van der Waals surface area contributed by atoms with Gasteiger partial charge in [-0.3, -0.25) is 4.90 Å². The van der Waals surface area contributed by atoms with Gasteiger partial charge >= 0.3 is 0 Å². The monoisotopic (exact) mass is 386 g/mol. The maximum absolute atomic E-state index is 13.1. The van der Waals surface area contributed by atoms with Crippen LogP contribution in [0.4, 0.5) is 4.39 Å². The number of hydrogen-bond acceptors (Lipinski definition) is 4. The van der Waals surface area contributed by atoms with Crippen LogP contribution in [-0.4, -0.2) is 27.7 Å². The molecule has 1 unspecified atom stereocenters. The molecule has 1 aliphatic rings. The van der Waals surface area contributed by atoms with Gasteiger partial charge in [0.25, 0.3) is 0 Å². The normalized spacial score (nSPS) is 15.3. The molecule has 1 N–H and O–H groups in total. The van der Waals surface area contributed by atoms with Gasteiger partial charge in [0.05, 0.1) is 12.6 Å². The standard InChI is InChI=1S/C21H20ClFN2O2/c22-16-5-1-14(2-6-16)20-11-19(27-24-20)12-25(18-9-10-18)13-21(26)15-3-7-17(23)8-4-15/h1-8,11,18,21,26H,9-10,12-13H2. The highest BCUT2D eigenvalue weighted by Gasteiger charge is 2.31. The lowest BCUT2D eigenvalue weighted by molar-refractivity contribution is 0.0984. The third-order valence-corrected chi connectivity index (χ3v) is 5.04. The Balaban J connectivity index is 1.44. The first-order valence-corrected chi connectivity index (χ1v) is 9.35. The summed E-state index contributed by atoms with van der Waals surface area (Å²) in [6.45, 7) is 1.04. The van der Waals surface area contributed by atoms with Gasteiger partial charge in [-0.05, 0) is 42.7 Å². The lowest BCUT2D eigenvalue weighted by atomic mass is 10.1. The number of rotatable bonds is 7. The molecule has 27 heavy (non-hydrogen) atoms. The summed E-state index contributed by atoms with van der Waals surface area (Å²) in [4.78, 5) is 2.19. The topological polar surface area (TPSA) is 49.5 Å². The van der Waals surface area contributed by atoms with Gasteiger partial charge in [-0.25, -0.2) is 4.39 Å². The summed E-state index contributed by atoms with van der Waals surface area (Å²) in [5.74, 6) is 0.444. The highest BCUT2D eigenvalue weighted by Crippen LogP contribution is 2.31. The molecule has 0 radical (unpaired) electrons. The van der Waals surface area contributed by atoms with Crippen LogP contribution in [-0.2, 0) is 6.54 Å². The Morgan fingerprint density at radius 2 is 1.85 bits per heavy atom. The lowest BCUT2D eigenvalue weighted by Crippen LogP contribution is -2.30. The first-order chi connectivity index (χ1) is 13.1. The summed E-state index contributed by atoms with van der Waals surface area (Å²) < 4.78 is 18.6. The Morgan fingerprint density at radius 1 is 1.15 bits per heavy atom. The van der Waals surface area contributed by atoms with Gasteiger partial charge < -0.3 is 9.63 Å². The van der Waals surface area contributed by atoms with Gasteiger partial charge in [-0.2, -0.15) is 0 Å². The highest BCUT2D eigenvalue weighted by atomic mass is 35.5. The minimum absolute atomic E-state index is 0.304. The maximum atomic E-state index is 13.1. The van der Waals surface area contributed by atoms with Crippen LogP contribution in [0, 0.1) is 5.82 Å². The molecule has 4 rings (SSSR count). The maximum Gasteiger partial charge on any atom is 0.151 e. The van der Waals surface area contributed by atoms with Crippen LogP contribution >= 0.6 is 11.6 Å². The van der Waals surface area contributed by atoms with E-state index in [1.165, 1.54) is 12.1 Å². The fourth-order valence-electron chi connectivity index (χ4n) is 3.14. The molecular formula is C21H20ClFN2O2. The van der Waals surface area contributed by atoms with Crippen molar-refractivity contribution < 1.29 is 14.0 Å². The lowest BCUT2D eigenvalue weighted by Gasteiger charge is -2.24. The average Bonchev–Trinajstić information content (AvgIpc) is 3.42. The number of aliphatic hydroxyl groups excluding tert-OH is 1. The van der Waals surface area contributed by atoms with Gasteiger partial charge in [-0.15, -0.1) is 0 Å². The van der Waals surface area contributed by atoms with Gasteiger partial charge in [0.2, 0.25) is 0 Å². The smallest absolute Gasteiger partial charge is 0.151 e. The Kier molecular flexibility index (Phi) is 5.25. The van der Waals surface area contributed by atoms with Crippen molar-refractivity contribution in [2.45, 2.75) is 31.5 Å². The molecule has 1 atom stereocenters. The number of aromatic nitrogens is 1. The first-order valence-electron chi connectivity index (χ1n) is 8.97. The minimum Gasteiger partial charge on any atom is -0.387 e. The molecule has 1 saturated carbocycles. The van der Waals surface area contributed by atoms with Crippen LogP contribution in [0.25, 0.3) is 11.3 Å². The second kappa shape index (κ2) is 7.80. The SMILES string of the molecule is OC(CN(Cc1cc(-c2ccc(Cl)cc2)no1)C1CC1)c1ccc(F)cc1. The van der Waals surface area contributed by atoms with Crippen LogP contribution in [0.15, 0.2) is 59.1 Å². The number of aliphatic hydroxyl groups is 1. The molecule has 0 aliphatic heterocycles. The van der Waals surface area contributed by atoms with Crippen LogP contribution in [0.1, 0.15) is 30.3 Å². The molecule has 0 amide bonds. The zero-order valence-electron chi connectivity index (χ0n) is 14.7. The molecule has 4 nitrogen and oxygen atoms in total. The zero-order valence-corrected chi connectivity index (χ0v) is 15.4. The molecule has 0 spiro atoms.